The molecule has 0 aliphatic carbocycles. The van der Waals surface area contributed by atoms with Crippen LogP contribution in [0.4, 0.5) is 4.39 Å². The summed E-state index contributed by atoms with van der Waals surface area (Å²) >= 11 is 1.64. The lowest BCUT2D eigenvalue weighted by Gasteiger charge is -2.27. The largest absolute Gasteiger partial charge is 0.368 e. The third-order valence-corrected chi connectivity index (χ3v) is 4.72. The zero-order valence-corrected chi connectivity index (χ0v) is 14.0. The van der Waals surface area contributed by atoms with Crippen molar-refractivity contribution in [2.75, 3.05) is 6.67 Å². The van der Waals surface area contributed by atoms with Crippen LogP contribution in [-0.4, -0.2) is 37.1 Å². The van der Waals surface area contributed by atoms with Crippen molar-refractivity contribution in [1.82, 2.24) is 0 Å². The maximum atomic E-state index is 13.1. The van der Waals surface area contributed by atoms with E-state index in [1.807, 2.05) is 11.4 Å². The predicted molar refractivity (Wildman–Crippen MR) is 81.4 cm³/mol. The Morgan fingerprint density at radius 2 is 2.23 bits per heavy atom. The van der Waals surface area contributed by atoms with Gasteiger partial charge in [0, 0.05) is 0 Å². The zero-order chi connectivity index (χ0) is 15.7. The molecule has 3 rings (SSSR count). The number of hydrogen-bond donors (Lipinski definition) is 0. The molecule has 1 aromatic heterocycles. The highest BCUT2D eigenvalue weighted by molar-refractivity contribution is 7.07. The summed E-state index contributed by atoms with van der Waals surface area (Å²) in [5, 5.41) is 4.08. The molecule has 2 aliphatic rings. The Bertz CT molecular complexity index is 481. The van der Waals surface area contributed by atoms with E-state index >= 15 is 0 Å². The maximum absolute atomic E-state index is 13.1. The smallest absolute Gasteiger partial charge is 0.197 e. The Balaban J connectivity index is 1.69. The van der Waals surface area contributed by atoms with Gasteiger partial charge >= 0.3 is 0 Å². The third-order valence-electron chi connectivity index (χ3n) is 3.99. The molecule has 124 valence electrons. The first-order valence-electron chi connectivity index (χ1n) is 7.70. The summed E-state index contributed by atoms with van der Waals surface area (Å²) in [4.78, 5) is 0. The van der Waals surface area contributed by atoms with Crippen LogP contribution in [0.15, 0.2) is 16.8 Å². The van der Waals surface area contributed by atoms with Crippen LogP contribution in [0.1, 0.15) is 32.8 Å². The summed E-state index contributed by atoms with van der Waals surface area (Å²) in [6, 6.07) is 2.03. The van der Waals surface area contributed by atoms with E-state index in [0.717, 1.165) is 12.0 Å². The minimum Gasteiger partial charge on any atom is -0.368 e. The fraction of sp³-hybridized carbons (Fsp3) is 0.750. The molecule has 0 amide bonds. The lowest BCUT2D eigenvalue weighted by atomic mass is 10.0. The van der Waals surface area contributed by atoms with Gasteiger partial charge in [0.15, 0.2) is 12.1 Å². The van der Waals surface area contributed by atoms with E-state index in [2.05, 4.69) is 19.2 Å². The quantitative estimate of drug-likeness (QED) is 0.800. The van der Waals surface area contributed by atoms with Crippen LogP contribution in [0.25, 0.3) is 0 Å². The van der Waals surface area contributed by atoms with Gasteiger partial charge in [0.25, 0.3) is 0 Å². The van der Waals surface area contributed by atoms with Gasteiger partial charge < -0.3 is 18.9 Å². The fourth-order valence-corrected chi connectivity index (χ4v) is 3.61. The molecule has 3 heterocycles. The van der Waals surface area contributed by atoms with Crippen LogP contribution < -0.4 is 0 Å². The van der Waals surface area contributed by atoms with Gasteiger partial charge in [-0.25, -0.2) is 4.39 Å². The van der Waals surface area contributed by atoms with Crippen LogP contribution >= 0.6 is 11.3 Å². The number of ether oxygens (including phenoxy) is 4. The molecule has 2 saturated heterocycles. The van der Waals surface area contributed by atoms with Gasteiger partial charge in [0.05, 0.1) is 12.7 Å². The highest BCUT2D eigenvalue weighted by Crippen LogP contribution is 2.41. The van der Waals surface area contributed by atoms with E-state index in [9.17, 15) is 4.39 Å². The van der Waals surface area contributed by atoms with Crippen molar-refractivity contribution in [2.24, 2.45) is 5.92 Å². The van der Waals surface area contributed by atoms with Gasteiger partial charge in [-0.3, -0.25) is 0 Å². The number of hydrogen-bond acceptors (Lipinski definition) is 5. The second kappa shape index (κ2) is 6.53. The minimum atomic E-state index is -1.22. The van der Waals surface area contributed by atoms with Gasteiger partial charge in [-0.05, 0) is 41.7 Å². The molecule has 0 saturated carbocycles. The second-order valence-electron chi connectivity index (χ2n) is 6.55. The van der Waals surface area contributed by atoms with Crippen LogP contribution in [0.3, 0.4) is 0 Å². The van der Waals surface area contributed by atoms with Crippen molar-refractivity contribution in [3.8, 4) is 0 Å². The average Bonchev–Trinajstić information content (AvgIpc) is 3.13. The summed E-state index contributed by atoms with van der Waals surface area (Å²) in [7, 11) is 0. The van der Waals surface area contributed by atoms with Crippen molar-refractivity contribution in [1.29, 1.82) is 0 Å². The molecular formula is C16H23FO4S. The standard InChI is InChI=1S/C16H23FO4S/c1-10(2)6-12-13(18-7-11-4-5-22-8-11)14-15(19-12)21-16(3,9-17)20-14/h4-5,8,10,12-15H,6-7,9H2,1-3H3/t12-,13+,14-,15-,16?/m1/s1. The van der Waals surface area contributed by atoms with E-state index in [4.69, 9.17) is 18.9 Å². The van der Waals surface area contributed by atoms with E-state index in [1.54, 1.807) is 18.3 Å². The van der Waals surface area contributed by atoms with Crippen molar-refractivity contribution in [2.45, 2.75) is 64.2 Å². The van der Waals surface area contributed by atoms with Crippen molar-refractivity contribution < 1.29 is 23.3 Å². The SMILES string of the molecule is CC(C)C[C@H]1O[C@@H]2OC(C)(CF)O[C@@H]2[C@H]1OCc1ccsc1. The lowest BCUT2D eigenvalue weighted by molar-refractivity contribution is -0.235. The van der Waals surface area contributed by atoms with Crippen molar-refractivity contribution in [3.05, 3.63) is 22.4 Å². The molecule has 0 radical (unpaired) electrons. The first kappa shape index (κ1) is 16.3. The molecule has 1 unspecified atom stereocenters. The summed E-state index contributed by atoms with van der Waals surface area (Å²) in [5.41, 5.74) is 1.13. The van der Waals surface area contributed by atoms with E-state index < -0.39 is 18.8 Å². The molecule has 4 nitrogen and oxygen atoms in total. The summed E-state index contributed by atoms with van der Waals surface area (Å²) in [6.45, 7) is 5.68. The molecule has 0 aromatic carbocycles. The van der Waals surface area contributed by atoms with Crippen molar-refractivity contribution in [3.63, 3.8) is 0 Å². The van der Waals surface area contributed by atoms with Crippen LogP contribution in [0, 0.1) is 5.92 Å². The molecule has 6 heteroatoms. The predicted octanol–water partition coefficient (Wildman–Crippen LogP) is 3.51. The molecule has 0 spiro atoms. The molecule has 2 fully saturated rings. The normalized spacial score (nSPS) is 37.9. The van der Waals surface area contributed by atoms with Crippen LogP contribution in [-0.2, 0) is 25.6 Å². The van der Waals surface area contributed by atoms with Gasteiger partial charge in [0.1, 0.15) is 18.9 Å². The Morgan fingerprint density at radius 3 is 2.86 bits per heavy atom. The third kappa shape index (κ3) is 3.36. The summed E-state index contributed by atoms with van der Waals surface area (Å²) in [5.74, 6) is -0.745. The Hall–Kier alpha value is -0.530. The molecule has 0 bridgehead atoms. The topological polar surface area (TPSA) is 36.9 Å². The number of alkyl halides is 1. The van der Waals surface area contributed by atoms with Crippen LogP contribution in [0.2, 0.25) is 0 Å². The Morgan fingerprint density at radius 1 is 1.41 bits per heavy atom. The van der Waals surface area contributed by atoms with E-state index in [1.165, 1.54) is 0 Å². The fourth-order valence-electron chi connectivity index (χ4n) is 2.96. The van der Waals surface area contributed by atoms with Crippen molar-refractivity contribution >= 4 is 11.3 Å². The van der Waals surface area contributed by atoms with Gasteiger partial charge in [-0.15, -0.1) is 0 Å². The summed E-state index contributed by atoms with van der Waals surface area (Å²) < 4.78 is 36.5. The number of fused-ring (bicyclic) bond motifs is 1. The van der Waals surface area contributed by atoms with Gasteiger partial charge in [-0.2, -0.15) is 11.3 Å². The Labute approximate surface area is 134 Å². The number of rotatable bonds is 6. The Kier molecular flexibility index (Phi) is 4.85. The molecule has 5 atom stereocenters. The maximum Gasteiger partial charge on any atom is 0.197 e. The highest BCUT2D eigenvalue weighted by atomic mass is 32.1. The van der Waals surface area contributed by atoms with E-state index in [0.29, 0.717) is 12.5 Å². The highest BCUT2D eigenvalue weighted by Gasteiger charge is 2.56. The lowest BCUT2D eigenvalue weighted by Crippen LogP contribution is -2.39. The second-order valence-corrected chi connectivity index (χ2v) is 7.33. The van der Waals surface area contributed by atoms with Gasteiger partial charge in [0.2, 0.25) is 0 Å². The molecule has 1 aromatic rings. The number of thiophene rings is 1. The first-order valence-corrected chi connectivity index (χ1v) is 8.65. The summed E-state index contributed by atoms with van der Waals surface area (Å²) in [6.07, 6.45) is -0.376. The molecular weight excluding hydrogens is 307 g/mol. The average molecular weight is 330 g/mol. The first-order chi connectivity index (χ1) is 10.5. The minimum absolute atomic E-state index is 0.0854. The van der Waals surface area contributed by atoms with Crippen LogP contribution in [0.5, 0.6) is 0 Å². The van der Waals surface area contributed by atoms with E-state index in [-0.39, 0.29) is 18.3 Å². The molecule has 0 N–H and O–H groups in total. The number of halogens is 1. The molecule has 22 heavy (non-hydrogen) atoms. The molecule has 2 aliphatic heterocycles. The van der Waals surface area contributed by atoms with Gasteiger partial charge in [-0.1, -0.05) is 13.8 Å². The zero-order valence-electron chi connectivity index (χ0n) is 13.2. The monoisotopic (exact) mass is 330 g/mol.